The fourth-order valence-corrected chi connectivity index (χ4v) is 2.72. The number of benzene rings is 2. The number of halogens is 1. The van der Waals surface area contributed by atoms with Crippen molar-refractivity contribution in [1.82, 2.24) is 21.2 Å². The molecule has 31 heavy (non-hydrogen) atoms. The van der Waals surface area contributed by atoms with Crippen molar-refractivity contribution in [3.63, 3.8) is 0 Å². The van der Waals surface area contributed by atoms with Crippen LogP contribution in [0.25, 0.3) is 0 Å². The number of nitrogens with one attached hydrogen (secondary N) is 3. The Bertz CT molecular complexity index is 1060. The summed E-state index contributed by atoms with van der Waals surface area (Å²) in [5, 5.41) is 2.28. The summed E-state index contributed by atoms with van der Waals surface area (Å²) in [6.07, 6.45) is 2.98. The van der Waals surface area contributed by atoms with Crippen molar-refractivity contribution in [1.29, 1.82) is 0 Å². The SMILES string of the molecule is O=C(NC(=S)NNC(=O)c1ccncc1F)c1ccc(OCCc2ccccc2)cc1. The number of aromatic nitrogens is 1. The molecule has 0 aliphatic carbocycles. The molecule has 0 saturated heterocycles. The first-order chi connectivity index (χ1) is 15.0. The smallest absolute Gasteiger partial charge is 0.272 e. The topological polar surface area (TPSA) is 92.4 Å². The second-order valence-electron chi connectivity index (χ2n) is 6.33. The Balaban J connectivity index is 1.43. The normalized spacial score (nSPS) is 10.1. The molecule has 0 bridgehead atoms. The van der Waals surface area contributed by atoms with Gasteiger partial charge in [0, 0.05) is 18.2 Å². The Morgan fingerprint density at radius 3 is 2.42 bits per heavy atom. The summed E-state index contributed by atoms with van der Waals surface area (Å²) in [5.74, 6) is -1.37. The van der Waals surface area contributed by atoms with Crippen LogP contribution in [-0.2, 0) is 6.42 Å². The van der Waals surface area contributed by atoms with E-state index in [1.165, 1.54) is 17.8 Å². The second kappa shape index (κ2) is 10.8. The van der Waals surface area contributed by atoms with E-state index in [9.17, 15) is 14.0 Å². The molecule has 3 N–H and O–H groups in total. The quantitative estimate of drug-likeness (QED) is 0.405. The molecule has 0 unspecified atom stereocenters. The summed E-state index contributed by atoms with van der Waals surface area (Å²) in [4.78, 5) is 27.8. The highest BCUT2D eigenvalue weighted by molar-refractivity contribution is 7.80. The van der Waals surface area contributed by atoms with Gasteiger partial charge in [0.25, 0.3) is 11.8 Å². The standard InChI is InChI=1S/C22H19FN4O3S/c23-19-14-24-12-10-18(19)21(29)26-27-22(31)25-20(28)16-6-8-17(9-7-16)30-13-11-15-4-2-1-3-5-15/h1-10,12,14H,11,13H2,(H,26,29)(H2,25,27,28,31). The van der Waals surface area contributed by atoms with Crippen LogP contribution in [0.2, 0.25) is 0 Å². The van der Waals surface area contributed by atoms with Gasteiger partial charge >= 0.3 is 0 Å². The van der Waals surface area contributed by atoms with Crippen LogP contribution in [-0.4, -0.2) is 28.5 Å². The number of rotatable bonds is 6. The highest BCUT2D eigenvalue weighted by Crippen LogP contribution is 2.13. The minimum Gasteiger partial charge on any atom is -0.493 e. The molecule has 3 aromatic rings. The molecule has 2 amide bonds. The van der Waals surface area contributed by atoms with Crippen LogP contribution < -0.4 is 20.9 Å². The number of pyridine rings is 1. The van der Waals surface area contributed by atoms with Crippen LogP contribution in [0.3, 0.4) is 0 Å². The molecule has 158 valence electrons. The molecule has 7 nitrogen and oxygen atoms in total. The number of hydrogen-bond acceptors (Lipinski definition) is 5. The van der Waals surface area contributed by atoms with Gasteiger partial charge in [-0.05, 0) is 48.1 Å². The number of nitrogens with zero attached hydrogens (tertiary/aromatic N) is 1. The van der Waals surface area contributed by atoms with Gasteiger partial charge in [0.1, 0.15) is 5.75 Å². The number of carbonyl (C=O) groups is 2. The number of amides is 2. The monoisotopic (exact) mass is 438 g/mol. The van der Waals surface area contributed by atoms with Crippen molar-refractivity contribution >= 4 is 29.1 Å². The summed E-state index contributed by atoms with van der Waals surface area (Å²) >= 11 is 4.97. The molecule has 2 aromatic carbocycles. The first kappa shape index (κ1) is 21.8. The molecule has 1 aromatic heterocycles. The number of hydrogen-bond donors (Lipinski definition) is 3. The number of hydrazine groups is 1. The van der Waals surface area contributed by atoms with E-state index in [0.717, 1.165) is 12.6 Å². The van der Waals surface area contributed by atoms with Crippen molar-refractivity contribution in [3.8, 4) is 5.75 Å². The molecule has 0 atom stereocenters. The highest BCUT2D eigenvalue weighted by Gasteiger charge is 2.12. The summed E-state index contributed by atoms with van der Waals surface area (Å²) in [5.41, 5.74) is 5.88. The van der Waals surface area contributed by atoms with Gasteiger partial charge in [0.15, 0.2) is 10.9 Å². The van der Waals surface area contributed by atoms with Crippen molar-refractivity contribution in [2.45, 2.75) is 6.42 Å². The minimum atomic E-state index is -0.775. The maximum atomic E-state index is 13.5. The zero-order chi connectivity index (χ0) is 22.1. The average molecular weight is 438 g/mol. The van der Waals surface area contributed by atoms with E-state index in [4.69, 9.17) is 17.0 Å². The predicted molar refractivity (Wildman–Crippen MR) is 117 cm³/mol. The Morgan fingerprint density at radius 1 is 0.968 bits per heavy atom. The zero-order valence-electron chi connectivity index (χ0n) is 16.3. The largest absolute Gasteiger partial charge is 0.493 e. The van der Waals surface area contributed by atoms with Crippen LogP contribution in [0.5, 0.6) is 5.75 Å². The van der Waals surface area contributed by atoms with E-state index in [1.807, 2.05) is 30.3 Å². The lowest BCUT2D eigenvalue weighted by molar-refractivity contribution is 0.0931. The lowest BCUT2D eigenvalue weighted by Gasteiger charge is -2.11. The van der Waals surface area contributed by atoms with E-state index in [2.05, 4.69) is 21.2 Å². The molecule has 0 radical (unpaired) electrons. The van der Waals surface area contributed by atoms with Crippen LogP contribution >= 0.6 is 12.2 Å². The lowest BCUT2D eigenvalue weighted by Crippen LogP contribution is -2.48. The number of ether oxygens (including phenoxy) is 1. The van der Waals surface area contributed by atoms with Crippen LogP contribution in [0, 0.1) is 5.82 Å². The van der Waals surface area contributed by atoms with Crippen molar-refractivity contribution < 1.29 is 18.7 Å². The Kier molecular flexibility index (Phi) is 7.61. The van der Waals surface area contributed by atoms with E-state index < -0.39 is 17.6 Å². The molecular weight excluding hydrogens is 419 g/mol. The number of carbonyl (C=O) groups excluding carboxylic acids is 2. The zero-order valence-corrected chi connectivity index (χ0v) is 17.1. The first-order valence-electron chi connectivity index (χ1n) is 9.31. The van der Waals surface area contributed by atoms with E-state index >= 15 is 0 Å². The van der Waals surface area contributed by atoms with Gasteiger partial charge in [-0.15, -0.1) is 0 Å². The van der Waals surface area contributed by atoms with Crippen LogP contribution in [0.1, 0.15) is 26.3 Å². The summed E-state index contributed by atoms with van der Waals surface area (Å²) in [7, 11) is 0. The van der Waals surface area contributed by atoms with Crippen molar-refractivity contribution in [2.24, 2.45) is 0 Å². The number of thiocarbonyl (C=S) groups is 1. The van der Waals surface area contributed by atoms with Crippen molar-refractivity contribution in [2.75, 3.05) is 6.61 Å². The van der Waals surface area contributed by atoms with Gasteiger partial charge in [-0.1, -0.05) is 30.3 Å². The third-order valence-electron chi connectivity index (χ3n) is 4.15. The van der Waals surface area contributed by atoms with E-state index in [-0.39, 0.29) is 10.7 Å². The second-order valence-corrected chi connectivity index (χ2v) is 6.73. The maximum absolute atomic E-state index is 13.5. The Labute approximate surface area is 183 Å². The molecule has 3 rings (SSSR count). The Morgan fingerprint density at radius 2 is 1.71 bits per heavy atom. The van der Waals surface area contributed by atoms with Crippen LogP contribution in [0.4, 0.5) is 4.39 Å². The summed E-state index contributed by atoms with van der Waals surface area (Å²) in [6.45, 7) is 0.515. The average Bonchev–Trinajstić information content (AvgIpc) is 2.79. The van der Waals surface area contributed by atoms with Gasteiger partial charge in [-0.2, -0.15) is 0 Å². The van der Waals surface area contributed by atoms with Crippen LogP contribution in [0.15, 0.2) is 73.1 Å². The molecular formula is C22H19FN4O3S. The molecule has 0 aliphatic heterocycles. The van der Waals surface area contributed by atoms with E-state index in [1.54, 1.807) is 24.3 Å². The van der Waals surface area contributed by atoms with Gasteiger partial charge < -0.3 is 4.74 Å². The van der Waals surface area contributed by atoms with Gasteiger partial charge in [-0.25, -0.2) is 4.39 Å². The lowest BCUT2D eigenvalue weighted by atomic mass is 10.2. The fraction of sp³-hybridized carbons (Fsp3) is 0.0909. The van der Waals surface area contributed by atoms with Gasteiger partial charge in [0.05, 0.1) is 18.4 Å². The maximum Gasteiger partial charge on any atom is 0.272 e. The molecule has 0 saturated carbocycles. The third kappa shape index (κ3) is 6.58. The summed E-state index contributed by atoms with van der Waals surface area (Å²) < 4.78 is 19.2. The fourth-order valence-electron chi connectivity index (χ4n) is 2.58. The highest BCUT2D eigenvalue weighted by atomic mass is 32.1. The minimum absolute atomic E-state index is 0.143. The summed E-state index contributed by atoms with van der Waals surface area (Å²) in [6, 6.07) is 17.8. The third-order valence-corrected chi connectivity index (χ3v) is 4.36. The molecule has 0 aliphatic rings. The van der Waals surface area contributed by atoms with E-state index in [0.29, 0.717) is 17.9 Å². The molecule has 9 heteroatoms. The van der Waals surface area contributed by atoms with Crippen molar-refractivity contribution in [3.05, 3.63) is 95.6 Å². The van der Waals surface area contributed by atoms with Gasteiger partial charge in [0.2, 0.25) is 0 Å². The molecule has 0 spiro atoms. The first-order valence-corrected chi connectivity index (χ1v) is 9.72. The van der Waals surface area contributed by atoms with Gasteiger partial charge in [-0.3, -0.25) is 30.7 Å². The molecule has 1 heterocycles. The predicted octanol–water partition coefficient (Wildman–Crippen LogP) is 2.79. The Hall–Kier alpha value is -3.85. The molecule has 0 fully saturated rings.